The molecule has 0 heterocycles. The van der Waals surface area contributed by atoms with Crippen LogP contribution in [-0.4, -0.2) is 23.7 Å². The van der Waals surface area contributed by atoms with Crippen molar-refractivity contribution >= 4 is 11.9 Å². The summed E-state index contributed by atoms with van der Waals surface area (Å²) < 4.78 is 4.84. The number of benzene rings is 1. The van der Waals surface area contributed by atoms with Crippen LogP contribution in [0, 0.1) is 11.8 Å². The van der Waals surface area contributed by atoms with Gasteiger partial charge in [-0.05, 0) is 25.1 Å². The zero-order valence-corrected chi connectivity index (χ0v) is 9.40. The largest absolute Gasteiger partial charge is 0.481 e. The number of carbonyl (C=O) groups excluding carboxylic acids is 1. The van der Waals surface area contributed by atoms with Crippen LogP contribution < -0.4 is 0 Å². The number of carboxylic acids is 1. The highest BCUT2D eigenvalue weighted by atomic mass is 16.5. The van der Waals surface area contributed by atoms with Crippen LogP contribution >= 0.6 is 0 Å². The molecule has 0 aliphatic rings. The van der Waals surface area contributed by atoms with Gasteiger partial charge in [-0.15, -0.1) is 0 Å². The molecule has 1 N–H and O–H groups in total. The summed E-state index contributed by atoms with van der Waals surface area (Å²) in [7, 11) is 0. The first-order chi connectivity index (χ1) is 8.13. The van der Waals surface area contributed by atoms with Gasteiger partial charge in [0.05, 0.1) is 12.2 Å². The van der Waals surface area contributed by atoms with Crippen molar-refractivity contribution < 1.29 is 19.4 Å². The second kappa shape index (κ2) is 6.33. The Hall–Kier alpha value is -2.28. The highest BCUT2D eigenvalue weighted by molar-refractivity contribution is 5.89. The Bertz CT molecular complexity index is 480. The van der Waals surface area contributed by atoms with Gasteiger partial charge in [-0.25, -0.2) is 4.79 Å². The van der Waals surface area contributed by atoms with Gasteiger partial charge in [-0.2, -0.15) is 0 Å². The molecule has 1 aromatic carbocycles. The Morgan fingerprint density at radius 3 is 2.82 bits per heavy atom. The molecule has 0 saturated heterocycles. The van der Waals surface area contributed by atoms with Crippen LogP contribution in [0.1, 0.15) is 29.3 Å². The van der Waals surface area contributed by atoms with E-state index in [4.69, 9.17) is 9.84 Å². The summed E-state index contributed by atoms with van der Waals surface area (Å²) in [6.45, 7) is 2.04. The van der Waals surface area contributed by atoms with Crippen LogP contribution in [0.2, 0.25) is 0 Å². The quantitative estimate of drug-likeness (QED) is 0.636. The molecule has 0 unspecified atom stereocenters. The molecule has 0 amide bonds. The summed E-state index contributed by atoms with van der Waals surface area (Å²) in [5.41, 5.74) is 1.01. The number of hydrogen-bond acceptors (Lipinski definition) is 3. The highest BCUT2D eigenvalue weighted by Crippen LogP contribution is 2.05. The summed E-state index contributed by atoms with van der Waals surface area (Å²) in [6, 6.07) is 6.59. The van der Waals surface area contributed by atoms with Crippen LogP contribution in [0.25, 0.3) is 0 Å². The van der Waals surface area contributed by atoms with Crippen molar-refractivity contribution in [1.29, 1.82) is 0 Å². The Kier molecular flexibility index (Phi) is 4.77. The van der Waals surface area contributed by atoms with E-state index in [-0.39, 0.29) is 6.42 Å². The average Bonchev–Trinajstić information content (AvgIpc) is 2.29. The number of rotatable bonds is 3. The zero-order valence-electron chi connectivity index (χ0n) is 9.40. The third kappa shape index (κ3) is 4.39. The maximum absolute atomic E-state index is 11.4. The standard InChI is InChI=1S/C13H12O4/c1-2-17-13(16)11-7-3-5-10(9-11)6-4-8-12(14)15/h3,5,7,9H,2,8H2,1H3,(H,14,15). The highest BCUT2D eigenvalue weighted by Gasteiger charge is 2.05. The number of aliphatic carboxylic acids is 1. The van der Waals surface area contributed by atoms with Crippen LogP contribution in [0.5, 0.6) is 0 Å². The molecule has 0 fully saturated rings. The topological polar surface area (TPSA) is 63.6 Å². The van der Waals surface area contributed by atoms with E-state index in [1.807, 2.05) is 0 Å². The molecule has 0 spiro atoms. The van der Waals surface area contributed by atoms with Gasteiger partial charge < -0.3 is 9.84 Å². The number of carboxylic acid groups (broad SMARTS) is 1. The van der Waals surface area contributed by atoms with Crippen LogP contribution in [0.4, 0.5) is 0 Å². The van der Waals surface area contributed by atoms with Gasteiger partial charge in [0.2, 0.25) is 0 Å². The first-order valence-corrected chi connectivity index (χ1v) is 5.11. The molecule has 0 aliphatic carbocycles. The molecular formula is C13H12O4. The molecule has 0 aromatic heterocycles. The Balaban J connectivity index is 2.81. The van der Waals surface area contributed by atoms with E-state index in [1.165, 1.54) is 0 Å². The third-order valence-electron chi connectivity index (χ3n) is 1.85. The molecule has 4 heteroatoms. The summed E-state index contributed by atoms with van der Waals surface area (Å²) in [6.07, 6.45) is -0.219. The Morgan fingerprint density at radius 2 is 2.18 bits per heavy atom. The summed E-state index contributed by atoms with van der Waals surface area (Å²) in [5, 5.41) is 8.43. The normalized spacial score (nSPS) is 9.00. The van der Waals surface area contributed by atoms with Crippen LogP contribution in [0.15, 0.2) is 24.3 Å². The first kappa shape index (κ1) is 12.8. The van der Waals surface area contributed by atoms with Gasteiger partial charge in [-0.1, -0.05) is 17.9 Å². The lowest BCUT2D eigenvalue weighted by Gasteiger charge is -2.01. The van der Waals surface area contributed by atoms with E-state index in [0.717, 1.165) is 0 Å². The number of ether oxygens (including phenoxy) is 1. The molecule has 17 heavy (non-hydrogen) atoms. The molecule has 0 atom stereocenters. The van der Waals surface area contributed by atoms with Gasteiger partial charge in [0.25, 0.3) is 0 Å². The van der Waals surface area contributed by atoms with Gasteiger partial charge >= 0.3 is 11.9 Å². The maximum atomic E-state index is 11.4. The van der Waals surface area contributed by atoms with Crippen LogP contribution in [0.3, 0.4) is 0 Å². The van der Waals surface area contributed by atoms with E-state index in [2.05, 4.69) is 11.8 Å². The van der Waals surface area contributed by atoms with E-state index in [1.54, 1.807) is 31.2 Å². The second-order valence-electron chi connectivity index (χ2n) is 3.17. The van der Waals surface area contributed by atoms with Crippen molar-refractivity contribution in [2.24, 2.45) is 0 Å². The lowest BCUT2D eigenvalue weighted by Crippen LogP contribution is -2.04. The fourth-order valence-electron chi connectivity index (χ4n) is 1.16. The van der Waals surface area contributed by atoms with Crippen molar-refractivity contribution in [3.05, 3.63) is 35.4 Å². The molecule has 4 nitrogen and oxygen atoms in total. The molecule has 88 valence electrons. The molecule has 1 aromatic rings. The van der Waals surface area contributed by atoms with Gasteiger partial charge in [-0.3, -0.25) is 4.79 Å². The number of carbonyl (C=O) groups is 2. The number of hydrogen-bond donors (Lipinski definition) is 1. The molecule has 0 bridgehead atoms. The lowest BCUT2D eigenvalue weighted by molar-refractivity contribution is -0.135. The van der Waals surface area contributed by atoms with E-state index >= 15 is 0 Å². The fraction of sp³-hybridized carbons (Fsp3) is 0.231. The summed E-state index contributed by atoms with van der Waals surface area (Å²) >= 11 is 0. The first-order valence-electron chi connectivity index (χ1n) is 5.11. The minimum Gasteiger partial charge on any atom is -0.481 e. The summed E-state index contributed by atoms with van der Waals surface area (Å²) in [5.74, 6) is 3.79. The van der Waals surface area contributed by atoms with E-state index in [0.29, 0.717) is 17.7 Å². The fourth-order valence-corrected chi connectivity index (χ4v) is 1.16. The van der Waals surface area contributed by atoms with Crippen molar-refractivity contribution in [3.8, 4) is 11.8 Å². The summed E-state index contributed by atoms with van der Waals surface area (Å²) in [4.78, 5) is 21.7. The molecule has 0 radical (unpaired) electrons. The van der Waals surface area contributed by atoms with E-state index < -0.39 is 11.9 Å². The van der Waals surface area contributed by atoms with Gasteiger partial charge in [0, 0.05) is 5.56 Å². The maximum Gasteiger partial charge on any atom is 0.338 e. The zero-order chi connectivity index (χ0) is 12.7. The van der Waals surface area contributed by atoms with Crippen LogP contribution in [-0.2, 0) is 9.53 Å². The third-order valence-corrected chi connectivity index (χ3v) is 1.85. The molecule has 0 aliphatic heterocycles. The monoisotopic (exact) mass is 232 g/mol. The van der Waals surface area contributed by atoms with Gasteiger partial charge in [0.15, 0.2) is 0 Å². The predicted molar refractivity (Wildman–Crippen MR) is 61.5 cm³/mol. The van der Waals surface area contributed by atoms with Crippen molar-refractivity contribution in [2.75, 3.05) is 6.61 Å². The van der Waals surface area contributed by atoms with Crippen molar-refractivity contribution in [2.45, 2.75) is 13.3 Å². The van der Waals surface area contributed by atoms with E-state index in [9.17, 15) is 9.59 Å². The Morgan fingerprint density at radius 1 is 1.41 bits per heavy atom. The Labute approximate surface area is 99.2 Å². The van der Waals surface area contributed by atoms with Gasteiger partial charge in [0.1, 0.15) is 6.42 Å². The molecule has 0 saturated carbocycles. The van der Waals surface area contributed by atoms with Crippen molar-refractivity contribution in [1.82, 2.24) is 0 Å². The SMILES string of the molecule is CCOC(=O)c1cccc(C#CCC(=O)O)c1. The smallest absolute Gasteiger partial charge is 0.338 e. The molecule has 1 rings (SSSR count). The number of esters is 1. The predicted octanol–water partition coefficient (Wildman–Crippen LogP) is 1.69. The lowest BCUT2D eigenvalue weighted by atomic mass is 10.1. The minimum absolute atomic E-state index is 0.219. The average molecular weight is 232 g/mol. The minimum atomic E-state index is -0.973. The second-order valence-corrected chi connectivity index (χ2v) is 3.17. The molecular weight excluding hydrogens is 220 g/mol. The van der Waals surface area contributed by atoms with Crippen molar-refractivity contribution in [3.63, 3.8) is 0 Å².